The van der Waals surface area contributed by atoms with E-state index in [9.17, 15) is 0 Å². The summed E-state index contributed by atoms with van der Waals surface area (Å²) in [6.07, 6.45) is 26.2. The van der Waals surface area contributed by atoms with Crippen molar-refractivity contribution in [3.05, 3.63) is 0 Å². The average Bonchev–Trinajstić information content (AvgIpc) is 2.59. The highest BCUT2D eigenvalue weighted by molar-refractivity contribution is 4.71. The summed E-state index contributed by atoms with van der Waals surface area (Å²) in [7, 11) is 0. The van der Waals surface area contributed by atoms with Gasteiger partial charge in [0, 0.05) is 0 Å². The van der Waals surface area contributed by atoms with Gasteiger partial charge in [0.2, 0.25) is 0 Å². The number of hydrogen-bond donors (Lipinski definition) is 0. The van der Waals surface area contributed by atoms with Crippen molar-refractivity contribution >= 4 is 0 Å². The van der Waals surface area contributed by atoms with Crippen LogP contribution in [-0.4, -0.2) is 0 Å². The molecule has 0 nitrogen and oxygen atoms in total. The molecule has 146 valence electrons. The normalized spacial score (nSPS) is 14.0. The molecule has 0 saturated carbocycles. The fourth-order valence-electron chi connectivity index (χ4n) is 4.27. The molecule has 2 atom stereocenters. The molecule has 0 saturated heterocycles. The van der Waals surface area contributed by atoms with Crippen molar-refractivity contribution in [3.8, 4) is 0 Å². The number of unbranched alkanes of at least 4 members (excludes halogenated alkanes) is 10. The first-order valence-electron chi connectivity index (χ1n) is 11.8. The lowest BCUT2D eigenvalue weighted by atomic mass is 9.78. The third-order valence-electron chi connectivity index (χ3n) is 5.86. The van der Waals surface area contributed by atoms with Gasteiger partial charge in [0.25, 0.3) is 0 Å². The van der Waals surface area contributed by atoms with E-state index in [1.807, 2.05) is 0 Å². The maximum Gasteiger partial charge on any atom is -0.0386 e. The SMILES string of the molecule is CCCCCCCCC(CCC)C(CCCC)CCCCCCC. The molecule has 2 unspecified atom stereocenters. The molecule has 0 aromatic heterocycles. The third-order valence-corrected chi connectivity index (χ3v) is 5.86. The lowest BCUT2D eigenvalue weighted by molar-refractivity contribution is 0.242. The highest BCUT2D eigenvalue weighted by Crippen LogP contribution is 2.32. The Bertz CT molecular complexity index is 220. The van der Waals surface area contributed by atoms with Crippen LogP contribution in [0, 0.1) is 11.8 Å². The molecule has 0 aliphatic heterocycles. The minimum Gasteiger partial charge on any atom is -0.0654 e. The largest absolute Gasteiger partial charge is 0.0654 e. The van der Waals surface area contributed by atoms with Crippen LogP contribution < -0.4 is 0 Å². The molecule has 24 heavy (non-hydrogen) atoms. The maximum atomic E-state index is 2.40. The summed E-state index contributed by atoms with van der Waals surface area (Å²) in [5.41, 5.74) is 0. The molecule has 0 aromatic rings. The summed E-state index contributed by atoms with van der Waals surface area (Å²) in [6.45, 7) is 9.39. The zero-order valence-electron chi connectivity index (χ0n) is 17.9. The van der Waals surface area contributed by atoms with Crippen LogP contribution in [0.2, 0.25) is 0 Å². The van der Waals surface area contributed by atoms with E-state index in [-0.39, 0.29) is 0 Å². The van der Waals surface area contributed by atoms with Gasteiger partial charge in [-0.05, 0) is 11.8 Å². The van der Waals surface area contributed by atoms with Gasteiger partial charge in [-0.1, -0.05) is 143 Å². The fourth-order valence-corrected chi connectivity index (χ4v) is 4.27. The summed E-state index contributed by atoms with van der Waals surface area (Å²) in [6, 6.07) is 0. The standard InChI is InChI=1S/C24H50/c1-5-9-12-14-16-18-21-23(19-8-4)24(20-11-7-3)22-17-15-13-10-6-2/h23-24H,5-22H2,1-4H3. The lowest BCUT2D eigenvalue weighted by Crippen LogP contribution is -2.15. The van der Waals surface area contributed by atoms with Crippen LogP contribution in [0.25, 0.3) is 0 Å². The van der Waals surface area contributed by atoms with Crippen LogP contribution in [0.1, 0.15) is 143 Å². The minimum atomic E-state index is 1.03. The molecular formula is C24H50. The first-order valence-corrected chi connectivity index (χ1v) is 11.8. The topological polar surface area (TPSA) is 0 Å². The highest BCUT2D eigenvalue weighted by Gasteiger charge is 2.19. The molecule has 0 spiro atoms. The van der Waals surface area contributed by atoms with E-state index in [1.165, 1.54) is 116 Å². The molecule has 0 heterocycles. The second-order valence-corrected chi connectivity index (χ2v) is 8.21. The molecule has 0 bridgehead atoms. The first-order chi connectivity index (χ1) is 11.8. The Morgan fingerprint density at radius 1 is 0.333 bits per heavy atom. The smallest absolute Gasteiger partial charge is 0.0386 e. The molecule has 0 aliphatic rings. The summed E-state index contributed by atoms with van der Waals surface area (Å²) in [5.74, 6) is 2.06. The van der Waals surface area contributed by atoms with Crippen molar-refractivity contribution in [1.29, 1.82) is 0 Å². The van der Waals surface area contributed by atoms with Crippen molar-refractivity contribution in [3.63, 3.8) is 0 Å². The summed E-state index contributed by atoms with van der Waals surface area (Å²) in [4.78, 5) is 0. The van der Waals surface area contributed by atoms with Gasteiger partial charge in [-0.15, -0.1) is 0 Å². The number of rotatable bonds is 19. The van der Waals surface area contributed by atoms with E-state index >= 15 is 0 Å². The van der Waals surface area contributed by atoms with E-state index in [0.29, 0.717) is 0 Å². The fraction of sp³-hybridized carbons (Fsp3) is 1.00. The second kappa shape index (κ2) is 19.3. The van der Waals surface area contributed by atoms with Crippen molar-refractivity contribution in [2.45, 2.75) is 143 Å². The van der Waals surface area contributed by atoms with Crippen molar-refractivity contribution in [2.75, 3.05) is 0 Å². The number of hydrogen-bond acceptors (Lipinski definition) is 0. The molecule has 0 N–H and O–H groups in total. The molecule has 0 radical (unpaired) electrons. The van der Waals surface area contributed by atoms with Crippen molar-refractivity contribution in [1.82, 2.24) is 0 Å². The third kappa shape index (κ3) is 14.4. The Morgan fingerprint density at radius 2 is 0.708 bits per heavy atom. The van der Waals surface area contributed by atoms with E-state index in [1.54, 1.807) is 0 Å². The van der Waals surface area contributed by atoms with Crippen LogP contribution in [0.15, 0.2) is 0 Å². The van der Waals surface area contributed by atoms with Gasteiger partial charge in [0.1, 0.15) is 0 Å². The molecule has 0 aromatic carbocycles. The molecule has 0 heteroatoms. The zero-order chi connectivity index (χ0) is 17.9. The molecule has 0 rings (SSSR count). The van der Waals surface area contributed by atoms with Gasteiger partial charge in [-0.3, -0.25) is 0 Å². The van der Waals surface area contributed by atoms with Gasteiger partial charge in [-0.25, -0.2) is 0 Å². The van der Waals surface area contributed by atoms with Crippen molar-refractivity contribution in [2.24, 2.45) is 11.8 Å². The maximum absolute atomic E-state index is 2.40. The second-order valence-electron chi connectivity index (χ2n) is 8.21. The Hall–Kier alpha value is 0. The summed E-state index contributed by atoms with van der Waals surface area (Å²) in [5, 5.41) is 0. The molecule has 0 fully saturated rings. The lowest BCUT2D eigenvalue weighted by Gasteiger charge is -2.27. The minimum absolute atomic E-state index is 1.03. The molecule has 0 aliphatic carbocycles. The Labute approximate surface area is 155 Å². The molecule has 0 amide bonds. The van der Waals surface area contributed by atoms with Crippen LogP contribution in [0.5, 0.6) is 0 Å². The van der Waals surface area contributed by atoms with Gasteiger partial charge in [0.15, 0.2) is 0 Å². The highest BCUT2D eigenvalue weighted by atomic mass is 14.3. The van der Waals surface area contributed by atoms with Crippen LogP contribution in [-0.2, 0) is 0 Å². The van der Waals surface area contributed by atoms with Crippen molar-refractivity contribution < 1.29 is 0 Å². The van der Waals surface area contributed by atoms with Crippen LogP contribution in [0.3, 0.4) is 0 Å². The Balaban J connectivity index is 4.18. The van der Waals surface area contributed by atoms with Gasteiger partial charge < -0.3 is 0 Å². The van der Waals surface area contributed by atoms with Crippen LogP contribution >= 0.6 is 0 Å². The summed E-state index contributed by atoms with van der Waals surface area (Å²) < 4.78 is 0. The van der Waals surface area contributed by atoms with Crippen LogP contribution in [0.4, 0.5) is 0 Å². The van der Waals surface area contributed by atoms with Gasteiger partial charge in [-0.2, -0.15) is 0 Å². The summed E-state index contributed by atoms with van der Waals surface area (Å²) >= 11 is 0. The average molecular weight is 339 g/mol. The van der Waals surface area contributed by atoms with E-state index in [0.717, 1.165) is 11.8 Å². The Morgan fingerprint density at radius 3 is 1.17 bits per heavy atom. The Kier molecular flexibility index (Phi) is 19.3. The van der Waals surface area contributed by atoms with Gasteiger partial charge >= 0.3 is 0 Å². The van der Waals surface area contributed by atoms with E-state index in [2.05, 4.69) is 27.7 Å². The van der Waals surface area contributed by atoms with E-state index < -0.39 is 0 Å². The quantitative estimate of drug-likeness (QED) is 0.206. The first kappa shape index (κ1) is 24.0. The predicted octanol–water partition coefficient (Wildman–Crippen LogP) is 9.32. The monoisotopic (exact) mass is 338 g/mol. The van der Waals surface area contributed by atoms with Gasteiger partial charge in [0.05, 0.1) is 0 Å². The van der Waals surface area contributed by atoms with E-state index in [4.69, 9.17) is 0 Å². The predicted molar refractivity (Wildman–Crippen MR) is 113 cm³/mol. The molecular weight excluding hydrogens is 288 g/mol. The zero-order valence-corrected chi connectivity index (χ0v) is 17.9.